The van der Waals surface area contributed by atoms with E-state index in [9.17, 15) is 18.8 Å². The number of thiophene rings is 1. The number of rotatable bonds is 7. The van der Waals surface area contributed by atoms with Crippen molar-refractivity contribution in [1.29, 1.82) is 0 Å². The Morgan fingerprint density at radius 3 is 2.38 bits per heavy atom. The smallest absolute Gasteiger partial charge is 0.267 e. The van der Waals surface area contributed by atoms with Gasteiger partial charge in [-0.1, -0.05) is 6.07 Å². The number of carbonyl (C=O) groups excluding carboxylic acids is 1. The topological polar surface area (TPSA) is 98.9 Å². The fourth-order valence-electron chi connectivity index (χ4n) is 3.34. The zero-order chi connectivity index (χ0) is 24.3. The molecule has 0 bridgehead atoms. The summed E-state index contributed by atoms with van der Waals surface area (Å²) in [7, 11) is 0. The Labute approximate surface area is 198 Å². The first-order valence-electron chi connectivity index (χ1n) is 10.5. The highest BCUT2D eigenvalue weighted by atomic mass is 32.1. The van der Waals surface area contributed by atoms with E-state index in [0.717, 1.165) is 9.56 Å². The second-order valence-electron chi connectivity index (χ2n) is 8.05. The number of nitrogens with zero attached hydrogens (tertiary/aromatic N) is 4. The molecule has 3 heterocycles. The number of amides is 1. The van der Waals surface area contributed by atoms with Crippen molar-refractivity contribution < 1.29 is 9.18 Å². The molecule has 4 aromatic rings. The summed E-state index contributed by atoms with van der Waals surface area (Å²) in [5, 5.41) is 13.4. The quantitative estimate of drug-likeness (QED) is 0.440. The van der Waals surface area contributed by atoms with Crippen molar-refractivity contribution in [1.82, 2.24) is 24.9 Å². The van der Waals surface area contributed by atoms with Gasteiger partial charge in [-0.05, 0) is 61.7 Å². The van der Waals surface area contributed by atoms with Gasteiger partial charge in [-0.25, -0.2) is 13.8 Å². The van der Waals surface area contributed by atoms with Crippen molar-refractivity contribution in [2.24, 2.45) is 0 Å². The number of carbonyl (C=O) groups is 1. The van der Waals surface area contributed by atoms with Gasteiger partial charge in [0.1, 0.15) is 17.1 Å². The van der Waals surface area contributed by atoms with Crippen molar-refractivity contribution in [3.05, 3.63) is 92.6 Å². The molecule has 0 atom stereocenters. The number of nitrogens with one attached hydrogen (secondary N) is 1. The van der Waals surface area contributed by atoms with Crippen LogP contribution in [0.1, 0.15) is 13.8 Å². The third-order valence-electron chi connectivity index (χ3n) is 5.27. The second-order valence-corrected chi connectivity index (χ2v) is 9.00. The van der Waals surface area contributed by atoms with Crippen molar-refractivity contribution in [2.75, 3.05) is 6.54 Å². The van der Waals surface area contributed by atoms with Crippen LogP contribution < -0.4 is 16.4 Å². The predicted octanol–water partition coefficient (Wildman–Crippen LogP) is 2.89. The van der Waals surface area contributed by atoms with E-state index in [1.165, 1.54) is 40.3 Å². The second kappa shape index (κ2) is 9.52. The number of benzene rings is 1. The van der Waals surface area contributed by atoms with Gasteiger partial charge in [0.05, 0.1) is 17.1 Å². The maximum absolute atomic E-state index is 13.2. The molecular weight excluding hydrogens is 457 g/mol. The number of halogens is 1. The first-order valence-corrected chi connectivity index (χ1v) is 11.4. The summed E-state index contributed by atoms with van der Waals surface area (Å²) in [6.45, 7) is 3.44. The van der Waals surface area contributed by atoms with Crippen molar-refractivity contribution in [2.45, 2.75) is 25.9 Å². The minimum absolute atomic E-state index is 0.113. The summed E-state index contributed by atoms with van der Waals surface area (Å²) < 4.78 is 15.6. The van der Waals surface area contributed by atoms with Crippen molar-refractivity contribution >= 4 is 17.2 Å². The van der Waals surface area contributed by atoms with Gasteiger partial charge in [0.15, 0.2) is 0 Å². The molecule has 174 valence electrons. The van der Waals surface area contributed by atoms with E-state index in [-0.39, 0.29) is 24.5 Å². The third kappa shape index (κ3) is 4.86. The predicted molar refractivity (Wildman–Crippen MR) is 128 cm³/mol. The fraction of sp³-hybridized carbons (Fsp3) is 0.208. The molecule has 1 aromatic carbocycles. The molecule has 0 radical (unpaired) electrons. The zero-order valence-corrected chi connectivity index (χ0v) is 19.4. The molecule has 1 N–H and O–H groups in total. The summed E-state index contributed by atoms with van der Waals surface area (Å²) in [5.41, 5.74) is -0.225. The monoisotopic (exact) mass is 479 g/mol. The van der Waals surface area contributed by atoms with Gasteiger partial charge in [-0.15, -0.1) is 11.3 Å². The Kier molecular flexibility index (Phi) is 6.51. The van der Waals surface area contributed by atoms with E-state index in [4.69, 9.17) is 0 Å². The number of aromatic nitrogens is 4. The Morgan fingerprint density at radius 1 is 0.971 bits per heavy atom. The van der Waals surface area contributed by atoms with Gasteiger partial charge in [-0.2, -0.15) is 10.2 Å². The van der Waals surface area contributed by atoms with Gasteiger partial charge in [-0.3, -0.25) is 14.4 Å². The van der Waals surface area contributed by atoms with Crippen LogP contribution in [0, 0.1) is 5.82 Å². The molecule has 8 nitrogen and oxygen atoms in total. The lowest BCUT2D eigenvalue weighted by atomic mass is 10.0. The van der Waals surface area contributed by atoms with Gasteiger partial charge in [0.25, 0.3) is 11.1 Å². The van der Waals surface area contributed by atoms with Crippen LogP contribution in [0.15, 0.2) is 75.6 Å². The Morgan fingerprint density at radius 2 is 1.68 bits per heavy atom. The summed E-state index contributed by atoms with van der Waals surface area (Å²) in [4.78, 5) is 38.5. The van der Waals surface area contributed by atoms with E-state index >= 15 is 0 Å². The van der Waals surface area contributed by atoms with Crippen LogP contribution >= 0.6 is 11.3 Å². The van der Waals surface area contributed by atoms with E-state index in [1.807, 2.05) is 17.5 Å². The van der Waals surface area contributed by atoms with Gasteiger partial charge in [0, 0.05) is 24.2 Å². The molecule has 3 aromatic heterocycles. The molecule has 1 amide bonds. The largest absolute Gasteiger partial charge is 0.352 e. The van der Waals surface area contributed by atoms with E-state index in [2.05, 4.69) is 15.5 Å². The molecule has 10 heteroatoms. The molecule has 0 saturated heterocycles. The summed E-state index contributed by atoms with van der Waals surface area (Å²) in [5.74, 6) is -0.787. The van der Waals surface area contributed by atoms with Crippen LogP contribution in [0.2, 0.25) is 0 Å². The Hall–Kier alpha value is -3.92. The van der Waals surface area contributed by atoms with Gasteiger partial charge in [0.2, 0.25) is 5.91 Å². The summed E-state index contributed by atoms with van der Waals surface area (Å²) >= 11 is 1.49. The van der Waals surface area contributed by atoms with Gasteiger partial charge < -0.3 is 5.32 Å². The Balaban J connectivity index is 1.47. The maximum atomic E-state index is 13.2. The van der Waals surface area contributed by atoms with Crippen LogP contribution in [-0.4, -0.2) is 32.0 Å². The maximum Gasteiger partial charge on any atom is 0.267 e. The zero-order valence-electron chi connectivity index (χ0n) is 18.6. The molecule has 0 aliphatic carbocycles. The van der Waals surface area contributed by atoms with Gasteiger partial charge >= 0.3 is 0 Å². The fourth-order valence-corrected chi connectivity index (χ4v) is 4.03. The molecule has 0 aliphatic rings. The standard InChI is InChI=1S/C24H22FN5O3S/c1-24(2,30-22(32)12-10-19(28-30)20-4-3-15-34-20)23(33)26-13-14-29-21(31)11-9-18(27-29)16-5-7-17(25)8-6-16/h3-12,15H,13-14H2,1-2H3,(H,26,33). The summed E-state index contributed by atoms with van der Waals surface area (Å²) in [6.07, 6.45) is 0. The minimum atomic E-state index is -1.27. The van der Waals surface area contributed by atoms with Crippen molar-refractivity contribution in [3.8, 4) is 21.8 Å². The molecule has 0 saturated carbocycles. The summed E-state index contributed by atoms with van der Waals surface area (Å²) in [6, 6.07) is 15.5. The highest BCUT2D eigenvalue weighted by molar-refractivity contribution is 7.13. The molecular formula is C24H22FN5O3S. The van der Waals surface area contributed by atoms with Crippen LogP contribution in [0.3, 0.4) is 0 Å². The molecule has 0 aliphatic heterocycles. The van der Waals surface area contributed by atoms with Crippen LogP contribution in [-0.2, 0) is 16.9 Å². The highest BCUT2D eigenvalue weighted by Gasteiger charge is 2.32. The first kappa shape index (κ1) is 23.2. The molecule has 34 heavy (non-hydrogen) atoms. The lowest BCUT2D eigenvalue weighted by molar-refractivity contribution is -0.129. The van der Waals surface area contributed by atoms with E-state index in [0.29, 0.717) is 17.0 Å². The van der Waals surface area contributed by atoms with Crippen LogP contribution in [0.4, 0.5) is 4.39 Å². The average Bonchev–Trinajstić information content (AvgIpc) is 3.36. The molecule has 0 spiro atoms. The minimum Gasteiger partial charge on any atom is -0.352 e. The molecule has 0 fully saturated rings. The normalized spacial score (nSPS) is 11.4. The van der Waals surface area contributed by atoms with Crippen LogP contribution in [0.5, 0.6) is 0 Å². The highest BCUT2D eigenvalue weighted by Crippen LogP contribution is 2.22. The lowest BCUT2D eigenvalue weighted by Crippen LogP contribution is -2.50. The molecule has 0 unspecified atom stereocenters. The lowest BCUT2D eigenvalue weighted by Gasteiger charge is -2.25. The van der Waals surface area contributed by atoms with E-state index < -0.39 is 17.0 Å². The first-order chi connectivity index (χ1) is 16.3. The average molecular weight is 480 g/mol. The van der Waals surface area contributed by atoms with E-state index in [1.54, 1.807) is 38.1 Å². The van der Waals surface area contributed by atoms with Crippen molar-refractivity contribution in [3.63, 3.8) is 0 Å². The SMILES string of the molecule is CC(C)(C(=O)NCCn1nc(-c2ccc(F)cc2)ccc1=O)n1nc(-c2cccs2)ccc1=O. The third-order valence-corrected chi connectivity index (χ3v) is 6.17. The Bertz CT molecular complexity index is 1430. The molecule has 4 rings (SSSR count). The number of hydrogen-bond donors (Lipinski definition) is 1. The number of hydrogen-bond acceptors (Lipinski definition) is 6. The van der Waals surface area contributed by atoms with Crippen LogP contribution in [0.25, 0.3) is 21.8 Å².